The van der Waals surface area contributed by atoms with Gasteiger partial charge in [0.2, 0.25) is 23.6 Å². The number of β-amino-alcohol motifs (C(OH)–C–C–N with tert-alkyl or cyclic N) is 2. The van der Waals surface area contributed by atoms with Crippen LogP contribution in [0.3, 0.4) is 0 Å². The van der Waals surface area contributed by atoms with E-state index < -0.39 is 77.5 Å². The standard InChI is InChI=1S/C45H55N7O9.C23H32N6O2.C20H23N3O8/c53-34(17-21-61-23-22-60-20-5-9-31-8-3-11-36-42(31)45(59)52(44(36)58)38-13-15-41(56)49-43(38)57)10-4-18-50-26-33(27-50)48-40-24-37(46-29-47-40)39(55)14-12-35(54)28-51-19-16-30-6-1-2-7-32(30)25-51;24-8-10-29-13-19(14-29)27-23-11-21(25-16-26-23)22(31)6-5-20(30)15-28-9-7-17-3-1-2-4-18(17)12-28;24-15-5-4-14(18(27)22-15)23-19(28)12-2-1-3-13(17(12)20(23)29)21-7-9-31-11-10-30-8-6-16(25)26/h1-3,6-8,11,24,29,33,35,38,54H,4-5,9-10,12-23,25-28H2,(H,46,47,48)(H,49,56,57);1-4,11,16,19-20,30H,5-10,12-15,24H2,(H,25,26,27);1-3,14,21H,4-11H2,(H,25,26)(H,22,24,27)/t35-,38?;20-;/m00./s1. The number of likely N-dealkylation sites (tertiary alicyclic amines) is 2. The molecule has 10 heterocycles. The summed E-state index contributed by atoms with van der Waals surface area (Å²) in [6, 6.07) is 28.7. The molecule has 10 N–H and O–H groups in total. The van der Waals surface area contributed by atoms with Gasteiger partial charge in [0, 0.05) is 148 Å². The number of rotatable bonds is 44. The van der Waals surface area contributed by atoms with Crippen LogP contribution in [0.4, 0.5) is 17.3 Å². The van der Waals surface area contributed by atoms with E-state index in [2.05, 4.69) is 109 Å². The fourth-order valence-corrected chi connectivity index (χ4v) is 16.2. The fourth-order valence-electron chi connectivity index (χ4n) is 16.2. The van der Waals surface area contributed by atoms with E-state index >= 15 is 0 Å². The number of Topliss-reactive ketones (excluding diaryl/α,β-unsaturated/α-hetero) is 3. The van der Waals surface area contributed by atoms with Crippen molar-refractivity contribution >= 4 is 87.9 Å². The van der Waals surface area contributed by atoms with Crippen LogP contribution in [0.25, 0.3) is 0 Å². The van der Waals surface area contributed by atoms with E-state index in [1.165, 1.54) is 41.0 Å². The summed E-state index contributed by atoms with van der Waals surface area (Å²) in [7, 11) is 0. The first kappa shape index (κ1) is 91.3. The van der Waals surface area contributed by atoms with Crippen LogP contribution in [0, 0.1) is 0 Å². The summed E-state index contributed by atoms with van der Waals surface area (Å²) in [5.74, 6) is -3.98. The van der Waals surface area contributed by atoms with E-state index in [-0.39, 0.29) is 105 Å². The van der Waals surface area contributed by atoms with Gasteiger partial charge in [-0.05, 0) is 110 Å². The Morgan fingerprint density at radius 3 is 1.50 bits per heavy atom. The number of ketones is 3. The average molecular weight is 1700 g/mol. The quantitative estimate of drug-likeness (QED) is 0.0150. The number of hydrogen-bond donors (Lipinski definition) is 9. The number of fused-ring (bicyclic) bond motifs is 4. The van der Waals surface area contributed by atoms with Gasteiger partial charge in [-0.3, -0.25) is 97.6 Å². The van der Waals surface area contributed by atoms with Crippen molar-refractivity contribution in [1.29, 1.82) is 0 Å². The molecule has 2 aromatic heterocycles. The first-order valence-corrected chi connectivity index (χ1v) is 42.4. The molecule has 6 aromatic rings. The molecule has 0 aliphatic carbocycles. The summed E-state index contributed by atoms with van der Waals surface area (Å²) >= 11 is 0. The number of nitrogens with zero attached hydrogens (tertiary/aromatic N) is 10. The zero-order chi connectivity index (χ0) is 86.7. The third kappa shape index (κ3) is 25.8. The number of carbonyl (C=O) groups is 12. The SMILES string of the molecule is NCCN1CC(Nc2cc(C(=O)CC[C@H](O)CN3CCc4ccccc4C3)ncn2)C1.O=C(CCCN1CC(Nc2cc(C(=O)CC[C@H](O)CN3CCc4ccccc4C3)ncn2)C1)CCOCCOCCCc1cccc2c1C(=O)N(C1CCC(=O)NC1=O)C2=O.O=C(O)CCOCCOCCNc1cccc2c1C(=O)N(C1CCC(=O)NC1=O)C2=O. The second-order valence-corrected chi connectivity index (χ2v) is 31.8. The van der Waals surface area contributed by atoms with Gasteiger partial charge in [-0.1, -0.05) is 66.7 Å². The Hall–Kier alpha value is -11.0. The smallest absolute Gasteiger partial charge is 0.305 e. The number of aryl methyl sites for hydroxylation is 1. The number of anilines is 3. The summed E-state index contributed by atoms with van der Waals surface area (Å²) < 4.78 is 21.8. The molecule has 8 aliphatic heterocycles. The van der Waals surface area contributed by atoms with E-state index in [1.54, 1.807) is 42.5 Å². The van der Waals surface area contributed by atoms with Crippen molar-refractivity contribution in [3.63, 3.8) is 0 Å². The van der Waals surface area contributed by atoms with Gasteiger partial charge in [-0.25, -0.2) is 19.9 Å². The van der Waals surface area contributed by atoms with Crippen molar-refractivity contribution in [2.75, 3.05) is 147 Å². The van der Waals surface area contributed by atoms with Crippen LogP contribution >= 0.6 is 0 Å². The number of aliphatic hydroxyl groups excluding tert-OH is 2. The predicted molar refractivity (Wildman–Crippen MR) is 448 cm³/mol. The molecule has 14 rings (SSSR count). The number of amides is 8. The molecule has 0 spiro atoms. The number of nitrogens with one attached hydrogen (secondary N) is 5. The maximum absolute atomic E-state index is 13.3. The van der Waals surface area contributed by atoms with Crippen molar-refractivity contribution in [1.82, 2.24) is 60.0 Å². The third-order valence-corrected chi connectivity index (χ3v) is 22.7. The minimum atomic E-state index is -1.01. The van der Waals surface area contributed by atoms with Crippen LogP contribution in [-0.2, 0) is 80.1 Å². The summed E-state index contributed by atoms with van der Waals surface area (Å²) in [5.41, 5.74) is 13.8. The maximum Gasteiger partial charge on any atom is 0.305 e. The molecule has 0 radical (unpaired) electrons. The lowest BCUT2D eigenvalue weighted by Gasteiger charge is -2.39. The Morgan fingerprint density at radius 2 is 0.976 bits per heavy atom. The summed E-state index contributed by atoms with van der Waals surface area (Å²) in [5, 5.41) is 43.8. The van der Waals surface area contributed by atoms with Crippen LogP contribution in [-0.4, -0.2) is 303 Å². The molecule has 8 aliphatic rings. The van der Waals surface area contributed by atoms with Gasteiger partial charge in [0.15, 0.2) is 11.6 Å². The molecule has 35 nitrogen and oxygen atoms in total. The molecule has 8 amide bonds. The van der Waals surface area contributed by atoms with Crippen molar-refractivity contribution < 1.29 is 91.8 Å². The number of carboxylic acids is 1. The molecule has 4 aromatic carbocycles. The fraction of sp³-hybridized carbons (Fsp3) is 0.500. The molecule has 2 unspecified atom stereocenters. The lowest BCUT2D eigenvalue weighted by molar-refractivity contribution is -0.139. The molecule has 4 saturated heterocycles. The number of imide groups is 4. The van der Waals surface area contributed by atoms with Gasteiger partial charge >= 0.3 is 5.97 Å². The van der Waals surface area contributed by atoms with E-state index in [0.29, 0.717) is 144 Å². The van der Waals surface area contributed by atoms with E-state index in [1.807, 2.05) is 6.07 Å². The summed E-state index contributed by atoms with van der Waals surface area (Å²) in [6.45, 7) is 13.2. The number of piperidine rings is 2. The number of hydrogen-bond acceptors (Lipinski definition) is 30. The number of aliphatic hydroxyl groups is 2. The highest BCUT2D eigenvalue weighted by molar-refractivity contribution is 6.26. The Balaban J connectivity index is 0.000000186. The number of aliphatic carboxylic acids is 1. The zero-order valence-corrected chi connectivity index (χ0v) is 69.1. The van der Waals surface area contributed by atoms with Gasteiger partial charge in [0.05, 0.1) is 99.2 Å². The van der Waals surface area contributed by atoms with Crippen LogP contribution < -0.4 is 32.3 Å². The van der Waals surface area contributed by atoms with Crippen molar-refractivity contribution in [3.8, 4) is 0 Å². The van der Waals surface area contributed by atoms with Gasteiger partial charge in [0.25, 0.3) is 23.6 Å². The number of carboxylic acid groups (broad SMARTS) is 1. The third-order valence-electron chi connectivity index (χ3n) is 22.7. The number of nitrogens with two attached hydrogens (primary N) is 1. The van der Waals surface area contributed by atoms with Gasteiger partial charge < -0.3 is 56.0 Å². The molecular weight excluding hydrogens is 1590 g/mol. The van der Waals surface area contributed by atoms with E-state index in [9.17, 15) is 67.7 Å². The topological polar surface area (TPSA) is 460 Å². The summed E-state index contributed by atoms with van der Waals surface area (Å²) in [4.78, 5) is 176. The Labute approximate surface area is 712 Å². The number of carbonyl (C=O) groups excluding carboxylic acids is 11. The van der Waals surface area contributed by atoms with Crippen molar-refractivity contribution in [2.24, 2.45) is 5.73 Å². The van der Waals surface area contributed by atoms with Gasteiger partial charge in [-0.15, -0.1) is 0 Å². The predicted octanol–water partition coefficient (Wildman–Crippen LogP) is 3.68. The van der Waals surface area contributed by atoms with Gasteiger partial charge in [-0.2, -0.15) is 0 Å². The summed E-state index contributed by atoms with van der Waals surface area (Å²) in [6.07, 6.45) is 7.93. The number of ether oxygens (including phenoxy) is 4. The van der Waals surface area contributed by atoms with E-state index in [4.69, 9.17) is 29.8 Å². The van der Waals surface area contributed by atoms with E-state index in [0.717, 1.165) is 94.5 Å². The van der Waals surface area contributed by atoms with Crippen LogP contribution in [0.1, 0.15) is 174 Å². The Kier molecular flexibility index (Phi) is 33.7. The highest BCUT2D eigenvalue weighted by atomic mass is 16.5. The Bertz CT molecular complexity index is 4750. The number of aromatic nitrogens is 4. The minimum absolute atomic E-state index is 0.0618. The lowest BCUT2D eigenvalue weighted by atomic mass is 9.99. The highest BCUT2D eigenvalue weighted by Gasteiger charge is 2.47. The normalized spacial score (nSPS) is 18.5. The van der Waals surface area contributed by atoms with Crippen molar-refractivity contribution in [3.05, 3.63) is 171 Å². The molecular formula is C88H110N16O19. The molecule has 4 fully saturated rings. The van der Waals surface area contributed by atoms with Crippen LogP contribution in [0.15, 0.2) is 110 Å². The highest BCUT2D eigenvalue weighted by Crippen LogP contribution is 2.34. The molecule has 4 atom stereocenters. The van der Waals surface area contributed by atoms with Crippen molar-refractivity contribution in [2.45, 2.75) is 152 Å². The minimum Gasteiger partial charge on any atom is -0.481 e. The molecule has 123 heavy (non-hydrogen) atoms. The lowest BCUT2D eigenvalue weighted by Crippen LogP contribution is -2.55. The first-order valence-electron chi connectivity index (χ1n) is 42.4. The largest absolute Gasteiger partial charge is 0.481 e. The van der Waals surface area contributed by atoms with Crippen LogP contribution in [0.5, 0.6) is 0 Å². The molecule has 0 saturated carbocycles. The molecule has 656 valence electrons. The Morgan fingerprint density at radius 1 is 0.496 bits per heavy atom. The maximum atomic E-state index is 13.3. The second kappa shape index (κ2) is 45.4. The molecule has 35 heteroatoms. The number of benzene rings is 4. The first-order chi connectivity index (χ1) is 59.6. The average Bonchev–Trinajstić information content (AvgIpc) is 1.61. The monoisotopic (exact) mass is 1690 g/mol. The van der Waals surface area contributed by atoms with Crippen LogP contribution in [0.2, 0.25) is 0 Å². The van der Waals surface area contributed by atoms with Gasteiger partial charge in [0.1, 0.15) is 53.5 Å². The second-order valence-electron chi connectivity index (χ2n) is 31.8. The zero-order valence-electron chi connectivity index (χ0n) is 69.1. The molecule has 0 bridgehead atoms.